The van der Waals surface area contributed by atoms with E-state index in [9.17, 15) is 0 Å². The van der Waals surface area contributed by atoms with Crippen molar-refractivity contribution in [3.63, 3.8) is 0 Å². The second kappa shape index (κ2) is 17.0. The third-order valence-electron chi connectivity index (χ3n) is 7.81. The second-order valence-electron chi connectivity index (χ2n) is 11.7. The molecule has 3 rings (SSSR count). The zero-order chi connectivity index (χ0) is 32.3. The predicted molar refractivity (Wildman–Crippen MR) is 185 cm³/mol. The Kier molecular flexibility index (Phi) is 13.7. The van der Waals surface area contributed by atoms with E-state index in [-0.39, 0.29) is 5.41 Å². The van der Waals surface area contributed by atoms with Crippen LogP contribution >= 0.6 is 0 Å². The van der Waals surface area contributed by atoms with E-state index in [0.717, 1.165) is 53.8 Å². The van der Waals surface area contributed by atoms with Gasteiger partial charge in [-0.05, 0) is 75.1 Å². The Morgan fingerprint density at radius 3 is 0.977 bits per heavy atom. The van der Waals surface area contributed by atoms with Crippen molar-refractivity contribution in [2.24, 2.45) is 5.41 Å². The first kappa shape index (κ1) is 35.6. The molecular formula is C35H48O6Si3. The van der Waals surface area contributed by atoms with Crippen LogP contribution in [0.2, 0.25) is 16.6 Å². The number of para-hydroxylation sites is 3. The summed E-state index contributed by atoms with van der Waals surface area (Å²) in [5, 5.41) is 3.65. The van der Waals surface area contributed by atoms with E-state index in [4.69, 9.17) is 28.4 Å². The van der Waals surface area contributed by atoms with Crippen LogP contribution in [0.15, 0.2) is 54.6 Å². The Balaban J connectivity index is 1.86. The van der Waals surface area contributed by atoms with E-state index < -0.39 is 0 Å². The van der Waals surface area contributed by atoms with Crippen LogP contribution in [-0.2, 0) is 0 Å². The molecule has 3 unspecified atom stereocenters. The van der Waals surface area contributed by atoms with Crippen molar-refractivity contribution in [3.05, 3.63) is 54.6 Å². The molecule has 3 aromatic carbocycles. The van der Waals surface area contributed by atoms with Crippen molar-refractivity contribution >= 4 is 44.1 Å². The molecule has 0 amide bonds. The number of rotatable bonds is 18. The lowest BCUT2D eigenvalue weighted by atomic mass is 9.77. The summed E-state index contributed by atoms with van der Waals surface area (Å²) in [6, 6.07) is 18.6. The molecule has 0 saturated carbocycles. The van der Waals surface area contributed by atoms with Crippen molar-refractivity contribution in [1.29, 1.82) is 0 Å². The summed E-state index contributed by atoms with van der Waals surface area (Å²) in [5.41, 5.74) is 1.55. The first-order valence-corrected chi connectivity index (χ1v) is 18.3. The maximum absolute atomic E-state index is 5.78. The van der Waals surface area contributed by atoms with Gasteiger partial charge in [0.15, 0.2) is 34.5 Å². The standard InChI is InChI=1S/C35H48O6Si3/c1-23(42-29-17-11-14-26(36-5)32(29)39-8)20-35(4,21-24(2)43-30-18-12-15-27(37-6)33(30)40-9)22-25(3)44-31-19-13-16-28(38-7)34(31)41-10/h11-19,23-25H,20-22H2,1-10H3. The maximum atomic E-state index is 5.78. The lowest BCUT2D eigenvalue weighted by molar-refractivity contribution is 0.241. The Labute approximate surface area is 272 Å². The van der Waals surface area contributed by atoms with Gasteiger partial charge in [0.05, 0.1) is 71.2 Å². The number of benzene rings is 3. The third-order valence-corrected chi connectivity index (χ3v) is 12.0. The molecule has 3 aromatic rings. The largest absolute Gasteiger partial charge is 0.493 e. The highest BCUT2D eigenvalue weighted by Crippen LogP contribution is 2.43. The van der Waals surface area contributed by atoms with Crippen LogP contribution in [0, 0.1) is 5.41 Å². The summed E-state index contributed by atoms with van der Waals surface area (Å²) in [7, 11) is 12.1. The molecule has 9 heteroatoms. The van der Waals surface area contributed by atoms with Crippen molar-refractivity contribution in [1.82, 2.24) is 0 Å². The number of hydrogen-bond acceptors (Lipinski definition) is 6. The van der Waals surface area contributed by atoms with E-state index in [2.05, 4.69) is 64.1 Å². The minimum Gasteiger partial charge on any atom is -0.493 e. The molecule has 6 radical (unpaired) electrons. The lowest BCUT2D eigenvalue weighted by Crippen LogP contribution is -2.31. The van der Waals surface area contributed by atoms with Gasteiger partial charge in [-0.1, -0.05) is 64.1 Å². The van der Waals surface area contributed by atoms with Gasteiger partial charge < -0.3 is 28.4 Å². The molecule has 0 N–H and O–H groups in total. The SMILES string of the molecule is COc1cccc([Si]C(C)CC(C)(CC(C)[Si]c2cccc(OC)c2OC)CC(C)[Si]c2cccc(OC)c2OC)c1OC. The Hall–Kier alpha value is -2.89. The Morgan fingerprint density at radius 2 is 0.750 bits per heavy atom. The molecule has 236 valence electrons. The predicted octanol–water partition coefficient (Wildman–Crippen LogP) is 5.73. The third kappa shape index (κ3) is 9.31. The molecule has 0 fully saturated rings. The van der Waals surface area contributed by atoms with Crippen LogP contribution in [-0.4, -0.2) is 71.2 Å². The quantitative estimate of drug-likeness (QED) is 0.164. The van der Waals surface area contributed by atoms with Gasteiger partial charge in [-0.3, -0.25) is 0 Å². The van der Waals surface area contributed by atoms with Crippen molar-refractivity contribution in [2.45, 2.75) is 63.6 Å². The van der Waals surface area contributed by atoms with Crippen LogP contribution in [0.25, 0.3) is 0 Å². The minimum atomic E-state index is 0.121. The van der Waals surface area contributed by atoms with Crippen molar-refractivity contribution in [2.75, 3.05) is 42.7 Å². The summed E-state index contributed by atoms with van der Waals surface area (Å²) >= 11 is 0. The van der Waals surface area contributed by atoms with Crippen LogP contribution in [0.4, 0.5) is 0 Å². The molecular weight excluding hydrogens is 601 g/mol. The number of ether oxygens (including phenoxy) is 6. The fraction of sp³-hybridized carbons (Fsp3) is 0.486. The van der Waals surface area contributed by atoms with E-state index >= 15 is 0 Å². The summed E-state index contributed by atoms with van der Waals surface area (Å²) < 4.78 is 34.1. The van der Waals surface area contributed by atoms with Gasteiger partial charge in [0.25, 0.3) is 0 Å². The Bertz CT molecular complexity index is 1180. The highest BCUT2D eigenvalue weighted by molar-refractivity contribution is 6.57. The number of methoxy groups -OCH3 is 6. The second-order valence-corrected chi connectivity index (χ2v) is 17.1. The highest BCUT2D eigenvalue weighted by atomic mass is 28.2. The van der Waals surface area contributed by atoms with E-state index in [1.54, 1.807) is 42.7 Å². The van der Waals surface area contributed by atoms with E-state index in [1.807, 2.05) is 18.2 Å². The smallest absolute Gasteiger partial charge is 0.160 e. The van der Waals surface area contributed by atoms with E-state index in [1.165, 1.54) is 15.6 Å². The summed E-state index contributed by atoms with van der Waals surface area (Å²) in [5.74, 6) is 4.91. The van der Waals surface area contributed by atoms with Crippen LogP contribution in [0.5, 0.6) is 34.5 Å². The zero-order valence-electron chi connectivity index (χ0n) is 28.0. The van der Waals surface area contributed by atoms with Crippen LogP contribution in [0.3, 0.4) is 0 Å². The molecule has 0 bridgehead atoms. The van der Waals surface area contributed by atoms with Gasteiger partial charge >= 0.3 is 0 Å². The topological polar surface area (TPSA) is 55.4 Å². The van der Waals surface area contributed by atoms with Gasteiger partial charge in [0.2, 0.25) is 0 Å². The summed E-state index contributed by atoms with van der Waals surface area (Å²) in [4.78, 5) is 0. The molecule has 0 aliphatic rings. The highest BCUT2D eigenvalue weighted by Gasteiger charge is 2.32. The van der Waals surface area contributed by atoms with Crippen molar-refractivity contribution < 1.29 is 28.4 Å². The monoisotopic (exact) mass is 648 g/mol. The Morgan fingerprint density at radius 1 is 0.477 bits per heavy atom. The molecule has 0 aromatic heterocycles. The zero-order valence-corrected chi connectivity index (χ0v) is 31.0. The molecule has 44 heavy (non-hydrogen) atoms. The molecule has 3 atom stereocenters. The number of hydrogen-bond donors (Lipinski definition) is 0. The molecule has 6 nitrogen and oxygen atoms in total. The molecule has 0 heterocycles. The molecule has 0 saturated heterocycles. The van der Waals surface area contributed by atoms with E-state index in [0.29, 0.717) is 45.2 Å². The fourth-order valence-electron chi connectivity index (χ4n) is 6.42. The first-order chi connectivity index (χ1) is 21.1. The molecule has 0 spiro atoms. The average molecular weight is 649 g/mol. The molecule has 0 aliphatic heterocycles. The minimum absolute atomic E-state index is 0.121. The van der Waals surface area contributed by atoms with Gasteiger partial charge in [0.1, 0.15) is 0 Å². The van der Waals surface area contributed by atoms with Gasteiger partial charge in [0, 0.05) is 0 Å². The normalized spacial score (nSPS) is 14.6. The molecule has 0 aliphatic carbocycles. The van der Waals surface area contributed by atoms with Crippen LogP contribution in [0.1, 0.15) is 47.0 Å². The van der Waals surface area contributed by atoms with Gasteiger partial charge in [-0.15, -0.1) is 0 Å². The lowest BCUT2D eigenvalue weighted by Gasteiger charge is -2.37. The first-order valence-electron chi connectivity index (χ1n) is 15.0. The van der Waals surface area contributed by atoms with Crippen LogP contribution < -0.4 is 44.0 Å². The summed E-state index contributed by atoms with van der Waals surface area (Å²) in [6.07, 6.45) is 3.33. The summed E-state index contributed by atoms with van der Waals surface area (Å²) in [6.45, 7) is 9.63. The fourth-order valence-corrected chi connectivity index (χ4v) is 11.4. The van der Waals surface area contributed by atoms with Gasteiger partial charge in [-0.25, -0.2) is 0 Å². The van der Waals surface area contributed by atoms with Gasteiger partial charge in [-0.2, -0.15) is 0 Å². The maximum Gasteiger partial charge on any atom is 0.160 e. The van der Waals surface area contributed by atoms with Crippen molar-refractivity contribution in [3.8, 4) is 34.5 Å². The average Bonchev–Trinajstić information content (AvgIpc) is 2.99.